The van der Waals surface area contributed by atoms with E-state index in [1.54, 1.807) is 0 Å². The SMILES string of the molecule is O=S([O-])[O-].[NH4+].[Pd+2]. The number of hydrogen-bond donors (Lipinski definition) is 1. The average Bonchev–Trinajstić information content (AvgIpc) is 0.811. The van der Waals surface area contributed by atoms with E-state index in [-0.39, 0.29) is 26.6 Å². The average molecular weight is 205 g/mol. The van der Waals surface area contributed by atoms with E-state index in [1.165, 1.54) is 0 Å². The summed E-state index contributed by atoms with van der Waals surface area (Å²) >= 11 is -3.11. The van der Waals surface area contributed by atoms with Crippen LogP contribution < -0.4 is 6.15 Å². The molecule has 0 rings (SSSR count). The Morgan fingerprint density at radius 2 is 1.33 bits per heavy atom. The van der Waals surface area contributed by atoms with Crippen molar-refractivity contribution < 1.29 is 33.7 Å². The fraction of sp³-hybridized carbons (Fsp3) is 0. The number of quaternary nitrogens is 1. The predicted octanol–water partition coefficient (Wildman–Crippen LogP) is -0.630. The molecule has 0 aliphatic heterocycles. The minimum Gasteiger partial charge on any atom is -0.784 e. The second-order valence-corrected chi connectivity index (χ2v) is 0.612. The normalized spacial score (nSPS) is 5.83. The van der Waals surface area contributed by atoms with Gasteiger partial charge in [-0.05, 0) is 0 Å². The predicted molar refractivity (Wildman–Crippen MR) is 15.7 cm³/mol. The summed E-state index contributed by atoms with van der Waals surface area (Å²) in [7, 11) is 0. The maximum Gasteiger partial charge on any atom is 2.00 e. The van der Waals surface area contributed by atoms with Crippen molar-refractivity contribution in [3.63, 3.8) is 0 Å². The molecule has 0 atom stereocenters. The Bertz CT molecular complexity index is 33.8. The van der Waals surface area contributed by atoms with Gasteiger partial charge in [0.1, 0.15) is 0 Å². The van der Waals surface area contributed by atoms with Gasteiger partial charge in [-0.2, -0.15) is 0 Å². The summed E-state index contributed by atoms with van der Waals surface area (Å²) in [5, 5.41) is 0. The van der Waals surface area contributed by atoms with E-state index in [0.29, 0.717) is 0 Å². The molecule has 4 nitrogen and oxygen atoms in total. The molecule has 6 heavy (non-hydrogen) atoms. The van der Waals surface area contributed by atoms with Crippen LogP contribution in [-0.4, -0.2) is 13.3 Å². The van der Waals surface area contributed by atoms with E-state index in [0.717, 1.165) is 0 Å². The topological polar surface area (TPSA) is 99.7 Å². The van der Waals surface area contributed by atoms with Crippen LogP contribution in [0.5, 0.6) is 0 Å². The Balaban J connectivity index is -0.0000000450. The zero-order valence-electron chi connectivity index (χ0n) is 2.95. The number of hydrogen-bond acceptors (Lipinski definition) is 3. The Morgan fingerprint density at radius 3 is 1.33 bits per heavy atom. The third-order valence-corrected chi connectivity index (χ3v) is 0. The first-order valence-corrected chi connectivity index (χ1v) is 1.50. The van der Waals surface area contributed by atoms with Gasteiger partial charge in [0.2, 0.25) is 0 Å². The summed E-state index contributed by atoms with van der Waals surface area (Å²) < 4.78 is 25.3. The summed E-state index contributed by atoms with van der Waals surface area (Å²) in [5.41, 5.74) is 0. The molecule has 0 aliphatic carbocycles. The second-order valence-electron chi connectivity index (χ2n) is 0.204. The zero-order valence-corrected chi connectivity index (χ0v) is 5.32. The Hall–Kier alpha value is 0.692. The van der Waals surface area contributed by atoms with Crippen LogP contribution >= 0.6 is 0 Å². The van der Waals surface area contributed by atoms with Crippen LogP contribution in [0.4, 0.5) is 0 Å². The molecule has 0 saturated carbocycles. The van der Waals surface area contributed by atoms with E-state index in [2.05, 4.69) is 0 Å². The quantitative estimate of drug-likeness (QED) is 0.420. The molecule has 0 saturated heterocycles. The molecule has 6 heteroatoms. The van der Waals surface area contributed by atoms with Crippen molar-refractivity contribution in [3.05, 3.63) is 0 Å². The molecule has 0 amide bonds. The van der Waals surface area contributed by atoms with E-state index in [1.807, 2.05) is 0 Å². The first kappa shape index (κ1) is 15.9. The maximum absolute atomic E-state index is 8.44. The third kappa shape index (κ3) is 133. The van der Waals surface area contributed by atoms with Gasteiger partial charge in [0.15, 0.2) is 0 Å². The van der Waals surface area contributed by atoms with Crippen LogP contribution in [0.1, 0.15) is 0 Å². The summed E-state index contributed by atoms with van der Waals surface area (Å²) in [6.45, 7) is 0. The smallest absolute Gasteiger partial charge is 0.784 e. The van der Waals surface area contributed by atoms with Gasteiger partial charge in [-0.3, -0.25) is 4.21 Å². The van der Waals surface area contributed by atoms with Crippen molar-refractivity contribution in [2.75, 3.05) is 0 Å². The van der Waals surface area contributed by atoms with Crippen molar-refractivity contribution in [2.45, 2.75) is 0 Å². The van der Waals surface area contributed by atoms with Gasteiger partial charge < -0.3 is 15.3 Å². The molecule has 0 aromatic rings. The zero-order chi connectivity index (χ0) is 3.58. The molecule has 0 heterocycles. The van der Waals surface area contributed by atoms with Crippen LogP contribution in [0.3, 0.4) is 0 Å². The molecule has 42 valence electrons. The van der Waals surface area contributed by atoms with Crippen LogP contribution in [0.2, 0.25) is 0 Å². The standard InChI is InChI=1S/H3N.H2O3S.Pd/c;1-4(2)3;/h1H3;(H2,1,2,3);/q;;+2/p-1. The van der Waals surface area contributed by atoms with E-state index in [9.17, 15) is 0 Å². The minimum atomic E-state index is -3.11. The van der Waals surface area contributed by atoms with Crippen molar-refractivity contribution in [1.29, 1.82) is 0 Å². The van der Waals surface area contributed by atoms with Crippen LogP contribution in [0.25, 0.3) is 0 Å². The Kier molecular flexibility index (Phi) is 24.4. The van der Waals surface area contributed by atoms with E-state index in [4.69, 9.17) is 13.3 Å². The second kappa shape index (κ2) is 9.19. The fourth-order valence-corrected chi connectivity index (χ4v) is 0. The Morgan fingerprint density at radius 1 is 1.33 bits per heavy atom. The molecule has 0 bridgehead atoms. The van der Waals surface area contributed by atoms with Crippen molar-refractivity contribution in [1.82, 2.24) is 6.15 Å². The first-order chi connectivity index (χ1) is 1.73. The molecule has 0 aromatic carbocycles. The van der Waals surface area contributed by atoms with Gasteiger partial charge in [0, 0.05) is 0 Å². The summed E-state index contributed by atoms with van der Waals surface area (Å²) in [4.78, 5) is 0. The van der Waals surface area contributed by atoms with Crippen LogP contribution in [-0.2, 0) is 31.8 Å². The van der Waals surface area contributed by atoms with Crippen molar-refractivity contribution in [2.24, 2.45) is 0 Å². The van der Waals surface area contributed by atoms with E-state index < -0.39 is 11.4 Å². The molecule has 0 aliphatic rings. The van der Waals surface area contributed by atoms with Gasteiger partial charge in [-0.25, -0.2) is 0 Å². The minimum absolute atomic E-state index is 0. The number of rotatable bonds is 0. The van der Waals surface area contributed by atoms with Gasteiger partial charge in [-0.15, -0.1) is 11.4 Å². The molecule has 0 fully saturated rings. The molecule has 0 radical (unpaired) electrons. The molecule has 0 spiro atoms. The van der Waals surface area contributed by atoms with Crippen LogP contribution in [0.15, 0.2) is 0 Å². The molecular formula is H4NO3PdS+. The molecule has 0 unspecified atom stereocenters. The third-order valence-electron chi connectivity index (χ3n) is 0. The van der Waals surface area contributed by atoms with Crippen LogP contribution in [0, 0.1) is 0 Å². The molecule has 4 N–H and O–H groups in total. The summed E-state index contributed by atoms with van der Waals surface area (Å²) in [5.74, 6) is 0. The van der Waals surface area contributed by atoms with Gasteiger partial charge in [0.05, 0.1) is 0 Å². The largest absolute Gasteiger partial charge is 2.00 e. The first-order valence-electron chi connectivity index (χ1n) is 0.500. The maximum atomic E-state index is 8.44. The van der Waals surface area contributed by atoms with E-state index >= 15 is 0 Å². The molecular weight excluding hydrogens is 200 g/mol. The summed E-state index contributed by atoms with van der Waals surface area (Å²) in [6, 6.07) is 0. The Labute approximate surface area is 51.7 Å². The van der Waals surface area contributed by atoms with Crippen molar-refractivity contribution in [3.8, 4) is 0 Å². The summed E-state index contributed by atoms with van der Waals surface area (Å²) in [6.07, 6.45) is 0. The van der Waals surface area contributed by atoms with Gasteiger partial charge in [-0.1, -0.05) is 0 Å². The fourth-order valence-electron chi connectivity index (χ4n) is 0. The van der Waals surface area contributed by atoms with Crippen molar-refractivity contribution >= 4 is 11.4 Å². The van der Waals surface area contributed by atoms with Gasteiger partial charge >= 0.3 is 20.4 Å². The van der Waals surface area contributed by atoms with Gasteiger partial charge in [0.25, 0.3) is 0 Å². The monoisotopic (exact) mass is 204 g/mol. The molecule has 0 aromatic heterocycles.